The van der Waals surface area contributed by atoms with Crippen LogP contribution >= 0.6 is 11.6 Å². The van der Waals surface area contributed by atoms with Crippen molar-refractivity contribution in [2.24, 2.45) is 0 Å². The molecule has 1 atom stereocenters. The molecule has 1 fully saturated rings. The van der Waals surface area contributed by atoms with Crippen molar-refractivity contribution in [3.8, 4) is 0 Å². The van der Waals surface area contributed by atoms with Gasteiger partial charge in [0.15, 0.2) is 0 Å². The average molecular weight is 343 g/mol. The van der Waals surface area contributed by atoms with Gasteiger partial charge < -0.3 is 19.3 Å². The van der Waals surface area contributed by atoms with E-state index in [2.05, 4.69) is 9.97 Å². The van der Waals surface area contributed by atoms with Gasteiger partial charge >= 0.3 is 0 Å². The lowest BCUT2D eigenvalue weighted by Gasteiger charge is -2.42. The maximum Gasteiger partial charge on any atom is 0.248 e. The van der Waals surface area contributed by atoms with Gasteiger partial charge in [0.2, 0.25) is 11.9 Å². The minimum atomic E-state index is -0.360. The summed E-state index contributed by atoms with van der Waals surface area (Å²) in [5.41, 5.74) is -0.360. The lowest BCUT2D eigenvalue weighted by molar-refractivity contribution is -0.139. The first-order chi connectivity index (χ1) is 10.8. The number of morpholine rings is 1. The third kappa shape index (κ3) is 5.30. The zero-order valence-corrected chi connectivity index (χ0v) is 14.7. The van der Waals surface area contributed by atoms with Crippen LogP contribution in [0.5, 0.6) is 0 Å². The molecule has 128 valence electrons. The summed E-state index contributed by atoms with van der Waals surface area (Å²) in [6.45, 7) is 5.67. The van der Waals surface area contributed by atoms with E-state index < -0.39 is 0 Å². The molecule has 1 aliphatic heterocycles. The Labute approximate surface area is 141 Å². The molecule has 1 saturated heterocycles. The van der Waals surface area contributed by atoms with E-state index in [-0.39, 0.29) is 24.2 Å². The van der Waals surface area contributed by atoms with Gasteiger partial charge in [-0.25, -0.2) is 9.97 Å². The van der Waals surface area contributed by atoms with E-state index in [4.69, 9.17) is 21.1 Å². The van der Waals surface area contributed by atoms with Crippen LogP contribution in [-0.2, 0) is 14.3 Å². The molecule has 0 bridgehead atoms. The quantitative estimate of drug-likeness (QED) is 0.801. The SMILES string of the molecule is CN(C)C(=O)COC[C@@H]1CN(c2ncc(Cl)cn2)CC(C)(C)O1. The topological polar surface area (TPSA) is 67.8 Å². The van der Waals surface area contributed by atoms with Crippen LogP contribution in [0.4, 0.5) is 5.95 Å². The predicted molar refractivity (Wildman–Crippen MR) is 87.7 cm³/mol. The maximum atomic E-state index is 11.5. The Kier molecular flexibility index (Phi) is 5.78. The van der Waals surface area contributed by atoms with Crippen molar-refractivity contribution in [1.82, 2.24) is 14.9 Å². The lowest BCUT2D eigenvalue weighted by atomic mass is 10.1. The van der Waals surface area contributed by atoms with Gasteiger partial charge in [0.05, 0.1) is 35.7 Å². The smallest absolute Gasteiger partial charge is 0.248 e. The molecule has 0 radical (unpaired) electrons. The molecular formula is C15H23ClN4O3. The number of carbonyl (C=O) groups excluding carboxylic acids is 1. The van der Waals surface area contributed by atoms with Gasteiger partial charge in [-0.2, -0.15) is 0 Å². The minimum absolute atomic E-state index is 0.0464. The van der Waals surface area contributed by atoms with E-state index in [1.807, 2.05) is 18.7 Å². The minimum Gasteiger partial charge on any atom is -0.369 e. The van der Waals surface area contributed by atoms with E-state index in [1.54, 1.807) is 26.5 Å². The standard InChI is InChI=1S/C15H23ClN4O3/c1-15(2)10-20(14-17-5-11(16)6-18-14)7-12(23-15)8-22-9-13(21)19(3)4/h5-6,12H,7-10H2,1-4H3/t12-/m0/s1. The Morgan fingerprint density at radius 2 is 2.13 bits per heavy atom. The summed E-state index contributed by atoms with van der Waals surface area (Å²) in [7, 11) is 3.40. The molecule has 0 N–H and O–H groups in total. The number of ether oxygens (including phenoxy) is 2. The van der Waals surface area contributed by atoms with Crippen molar-refractivity contribution in [1.29, 1.82) is 0 Å². The second kappa shape index (κ2) is 7.42. The first-order valence-corrected chi connectivity index (χ1v) is 7.83. The molecule has 1 aromatic heterocycles. The van der Waals surface area contributed by atoms with E-state index in [0.717, 1.165) is 0 Å². The first kappa shape index (κ1) is 17.9. The van der Waals surface area contributed by atoms with Crippen LogP contribution in [0.3, 0.4) is 0 Å². The van der Waals surface area contributed by atoms with Gasteiger partial charge in [-0.15, -0.1) is 0 Å². The summed E-state index contributed by atoms with van der Waals surface area (Å²) in [6, 6.07) is 0. The summed E-state index contributed by atoms with van der Waals surface area (Å²) in [4.78, 5) is 23.6. The number of hydrogen-bond acceptors (Lipinski definition) is 6. The normalized spacial score (nSPS) is 20.4. The zero-order valence-electron chi connectivity index (χ0n) is 14.0. The summed E-state index contributed by atoms with van der Waals surface area (Å²) >= 11 is 5.83. The van der Waals surface area contributed by atoms with Crippen molar-refractivity contribution in [2.45, 2.75) is 25.6 Å². The number of hydrogen-bond donors (Lipinski definition) is 0. The van der Waals surface area contributed by atoms with Crippen molar-refractivity contribution in [3.63, 3.8) is 0 Å². The van der Waals surface area contributed by atoms with Crippen LogP contribution in [0.1, 0.15) is 13.8 Å². The number of amides is 1. The first-order valence-electron chi connectivity index (χ1n) is 7.45. The Morgan fingerprint density at radius 1 is 1.48 bits per heavy atom. The number of nitrogens with zero attached hydrogens (tertiary/aromatic N) is 4. The summed E-state index contributed by atoms with van der Waals surface area (Å²) in [5, 5.41) is 0.503. The third-order valence-corrected chi connectivity index (χ3v) is 3.59. The summed E-state index contributed by atoms with van der Waals surface area (Å²) < 4.78 is 11.5. The number of halogens is 1. The van der Waals surface area contributed by atoms with Crippen LogP contribution in [-0.4, -0.2) is 72.9 Å². The second-order valence-electron chi connectivity index (χ2n) is 6.38. The Hall–Kier alpha value is -1.44. The molecule has 8 heteroatoms. The Balaban J connectivity index is 1.95. The predicted octanol–water partition coefficient (Wildman–Crippen LogP) is 1.22. The highest BCUT2D eigenvalue weighted by Gasteiger charge is 2.34. The van der Waals surface area contributed by atoms with Gasteiger partial charge in [-0.1, -0.05) is 11.6 Å². The summed E-state index contributed by atoms with van der Waals surface area (Å²) in [5.74, 6) is 0.540. The third-order valence-electron chi connectivity index (χ3n) is 3.40. The van der Waals surface area contributed by atoms with E-state index in [9.17, 15) is 4.79 Å². The van der Waals surface area contributed by atoms with Crippen molar-refractivity contribution in [2.75, 3.05) is 45.3 Å². The van der Waals surface area contributed by atoms with Gasteiger partial charge in [-0.3, -0.25) is 4.79 Å². The molecule has 0 spiro atoms. The Morgan fingerprint density at radius 3 is 2.74 bits per heavy atom. The zero-order chi connectivity index (χ0) is 17.0. The molecule has 2 rings (SSSR count). The molecule has 2 heterocycles. The fraction of sp³-hybridized carbons (Fsp3) is 0.667. The fourth-order valence-corrected chi connectivity index (χ4v) is 2.51. The fourth-order valence-electron chi connectivity index (χ4n) is 2.41. The average Bonchev–Trinajstić information content (AvgIpc) is 2.46. The number of rotatable bonds is 5. The highest BCUT2D eigenvalue weighted by atomic mass is 35.5. The van der Waals surface area contributed by atoms with Crippen LogP contribution in [0.25, 0.3) is 0 Å². The number of anilines is 1. The molecule has 0 aliphatic carbocycles. The van der Waals surface area contributed by atoms with Crippen LogP contribution < -0.4 is 4.90 Å². The molecule has 0 saturated carbocycles. The molecule has 0 aromatic carbocycles. The molecule has 1 aromatic rings. The van der Waals surface area contributed by atoms with E-state index >= 15 is 0 Å². The highest BCUT2D eigenvalue weighted by molar-refractivity contribution is 6.30. The van der Waals surface area contributed by atoms with Gasteiger partial charge in [-0.05, 0) is 13.8 Å². The van der Waals surface area contributed by atoms with E-state index in [1.165, 1.54) is 4.90 Å². The molecule has 23 heavy (non-hydrogen) atoms. The van der Waals surface area contributed by atoms with Crippen LogP contribution in [0.15, 0.2) is 12.4 Å². The van der Waals surface area contributed by atoms with Crippen LogP contribution in [0, 0.1) is 0 Å². The molecule has 7 nitrogen and oxygen atoms in total. The highest BCUT2D eigenvalue weighted by Crippen LogP contribution is 2.24. The van der Waals surface area contributed by atoms with Crippen molar-refractivity contribution >= 4 is 23.5 Å². The van der Waals surface area contributed by atoms with Gasteiger partial charge in [0, 0.05) is 27.2 Å². The van der Waals surface area contributed by atoms with Crippen molar-refractivity contribution < 1.29 is 14.3 Å². The van der Waals surface area contributed by atoms with Gasteiger partial charge in [0.25, 0.3) is 0 Å². The molecule has 0 unspecified atom stereocenters. The second-order valence-corrected chi connectivity index (χ2v) is 6.82. The number of likely N-dealkylation sites (N-methyl/N-ethyl adjacent to an activating group) is 1. The maximum absolute atomic E-state index is 11.5. The van der Waals surface area contributed by atoms with E-state index in [0.29, 0.717) is 30.7 Å². The lowest BCUT2D eigenvalue weighted by Crippen LogP contribution is -2.54. The molecule has 1 amide bonds. The number of aromatic nitrogens is 2. The monoisotopic (exact) mass is 342 g/mol. The number of carbonyl (C=O) groups is 1. The molecular weight excluding hydrogens is 320 g/mol. The largest absolute Gasteiger partial charge is 0.369 e. The molecule has 1 aliphatic rings. The van der Waals surface area contributed by atoms with Crippen LogP contribution in [0.2, 0.25) is 5.02 Å². The Bertz CT molecular complexity index is 536. The van der Waals surface area contributed by atoms with Crippen molar-refractivity contribution in [3.05, 3.63) is 17.4 Å². The summed E-state index contributed by atoms with van der Waals surface area (Å²) in [6.07, 6.45) is 2.99. The van der Waals surface area contributed by atoms with Gasteiger partial charge in [0.1, 0.15) is 6.61 Å².